The minimum Gasteiger partial charge on any atom is -0.394 e. The van der Waals surface area contributed by atoms with Crippen LogP contribution in [0.15, 0.2) is 30.3 Å². The lowest BCUT2D eigenvalue weighted by molar-refractivity contribution is -0.117. The molecule has 0 aromatic heterocycles. The largest absolute Gasteiger partial charge is 0.394 e. The Labute approximate surface area is 100.0 Å². The molecule has 3 nitrogen and oxygen atoms in total. The summed E-state index contributed by atoms with van der Waals surface area (Å²) in [5.41, 5.74) is 1.34. The maximum atomic E-state index is 13.0. The standard InChI is InChI=1S/C13H16FNO2/c1-9(6-13(17)15-10(2)8-16)11-4-3-5-12(14)7-11/h3-7,10,16H,8H2,1-2H3,(H,15,17)/b9-6-. The Hall–Kier alpha value is -1.68. The van der Waals surface area contributed by atoms with Crippen molar-refractivity contribution in [3.63, 3.8) is 0 Å². The van der Waals surface area contributed by atoms with Gasteiger partial charge in [0.05, 0.1) is 6.61 Å². The smallest absolute Gasteiger partial charge is 0.244 e. The van der Waals surface area contributed by atoms with Crippen LogP contribution < -0.4 is 5.32 Å². The van der Waals surface area contributed by atoms with Gasteiger partial charge < -0.3 is 10.4 Å². The number of hydrogen-bond donors (Lipinski definition) is 2. The molecular formula is C13H16FNO2. The van der Waals surface area contributed by atoms with E-state index in [0.717, 1.165) is 0 Å². The van der Waals surface area contributed by atoms with E-state index in [1.54, 1.807) is 26.0 Å². The van der Waals surface area contributed by atoms with Crippen molar-refractivity contribution in [2.24, 2.45) is 0 Å². The van der Waals surface area contributed by atoms with Gasteiger partial charge in [-0.05, 0) is 37.1 Å². The highest BCUT2D eigenvalue weighted by molar-refractivity contribution is 5.94. The normalized spacial score (nSPS) is 13.3. The average molecular weight is 237 g/mol. The fraction of sp³-hybridized carbons (Fsp3) is 0.308. The predicted octanol–water partition coefficient (Wildman–Crippen LogP) is 1.73. The molecule has 0 aliphatic heterocycles. The Morgan fingerprint density at radius 2 is 2.29 bits per heavy atom. The first-order valence-electron chi connectivity index (χ1n) is 5.38. The number of nitrogens with one attached hydrogen (secondary N) is 1. The molecule has 17 heavy (non-hydrogen) atoms. The molecule has 0 heterocycles. The quantitative estimate of drug-likeness (QED) is 0.783. The number of aliphatic hydroxyl groups excluding tert-OH is 1. The van der Waals surface area contributed by atoms with Crippen molar-refractivity contribution in [1.82, 2.24) is 5.32 Å². The second kappa shape index (κ2) is 6.15. The van der Waals surface area contributed by atoms with Gasteiger partial charge in [0, 0.05) is 12.1 Å². The minimum absolute atomic E-state index is 0.113. The summed E-state index contributed by atoms with van der Waals surface area (Å²) in [6.45, 7) is 3.32. The topological polar surface area (TPSA) is 49.3 Å². The molecule has 0 saturated heterocycles. The molecule has 0 spiro atoms. The number of hydrogen-bond acceptors (Lipinski definition) is 2. The Bertz CT molecular complexity index is 429. The molecule has 0 fully saturated rings. The first-order chi connectivity index (χ1) is 8.02. The summed E-state index contributed by atoms with van der Waals surface area (Å²) in [5, 5.41) is 11.4. The van der Waals surface area contributed by atoms with Crippen molar-refractivity contribution in [1.29, 1.82) is 0 Å². The van der Waals surface area contributed by atoms with Gasteiger partial charge in [-0.15, -0.1) is 0 Å². The number of benzene rings is 1. The third-order valence-electron chi connectivity index (χ3n) is 2.29. The van der Waals surface area contributed by atoms with Crippen LogP contribution >= 0.6 is 0 Å². The van der Waals surface area contributed by atoms with Crippen LogP contribution in [-0.2, 0) is 4.79 Å². The highest BCUT2D eigenvalue weighted by Gasteiger charge is 2.05. The van der Waals surface area contributed by atoms with Gasteiger partial charge in [0.15, 0.2) is 0 Å². The summed E-state index contributed by atoms with van der Waals surface area (Å²) in [4.78, 5) is 11.5. The van der Waals surface area contributed by atoms with E-state index in [4.69, 9.17) is 5.11 Å². The van der Waals surface area contributed by atoms with E-state index in [2.05, 4.69) is 5.32 Å². The van der Waals surface area contributed by atoms with Gasteiger partial charge >= 0.3 is 0 Å². The lowest BCUT2D eigenvalue weighted by Crippen LogP contribution is -2.33. The molecule has 0 radical (unpaired) electrons. The SMILES string of the molecule is C/C(=C/C(=O)NC(C)CO)c1cccc(F)c1. The van der Waals surface area contributed by atoms with E-state index < -0.39 is 0 Å². The maximum absolute atomic E-state index is 13.0. The molecule has 1 unspecified atom stereocenters. The predicted molar refractivity (Wildman–Crippen MR) is 64.7 cm³/mol. The van der Waals surface area contributed by atoms with Crippen LogP contribution in [0.1, 0.15) is 19.4 Å². The number of carbonyl (C=O) groups excluding carboxylic acids is 1. The Kier molecular flexibility index (Phi) is 4.84. The zero-order chi connectivity index (χ0) is 12.8. The summed E-state index contributed by atoms with van der Waals surface area (Å²) < 4.78 is 13.0. The summed E-state index contributed by atoms with van der Waals surface area (Å²) in [5.74, 6) is -0.632. The van der Waals surface area contributed by atoms with E-state index in [-0.39, 0.29) is 24.4 Å². The number of rotatable bonds is 4. The molecular weight excluding hydrogens is 221 g/mol. The fourth-order valence-corrected chi connectivity index (χ4v) is 1.34. The van der Waals surface area contributed by atoms with Crippen molar-refractivity contribution in [2.45, 2.75) is 19.9 Å². The second-order valence-corrected chi connectivity index (χ2v) is 3.93. The van der Waals surface area contributed by atoms with Gasteiger partial charge in [-0.2, -0.15) is 0 Å². The van der Waals surface area contributed by atoms with E-state index in [1.165, 1.54) is 18.2 Å². The van der Waals surface area contributed by atoms with Crippen LogP contribution in [0.25, 0.3) is 5.57 Å². The number of halogens is 1. The first-order valence-corrected chi connectivity index (χ1v) is 5.38. The lowest BCUT2D eigenvalue weighted by atomic mass is 10.1. The van der Waals surface area contributed by atoms with Crippen LogP contribution in [0.3, 0.4) is 0 Å². The van der Waals surface area contributed by atoms with Crippen LogP contribution in [0.5, 0.6) is 0 Å². The molecule has 1 amide bonds. The Balaban J connectivity index is 2.75. The van der Waals surface area contributed by atoms with E-state index in [1.807, 2.05) is 0 Å². The second-order valence-electron chi connectivity index (χ2n) is 3.93. The molecule has 1 aromatic carbocycles. The zero-order valence-corrected chi connectivity index (χ0v) is 9.90. The number of amides is 1. The molecule has 0 saturated carbocycles. The maximum Gasteiger partial charge on any atom is 0.244 e. The molecule has 4 heteroatoms. The number of carbonyl (C=O) groups is 1. The van der Waals surface area contributed by atoms with Gasteiger partial charge in [-0.1, -0.05) is 12.1 Å². The van der Waals surface area contributed by atoms with Crippen LogP contribution in [0.4, 0.5) is 4.39 Å². The highest BCUT2D eigenvalue weighted by Crippen LogP contribution is 2.14. The van der Waals surface area contributed by atoms with E-state index in [9.17, 15) is 9.18 Å². The van der Waals surface area contributed by atoms with E-state index in [0.29, 0.717) is 11.1 Å². The summed E-state index contributed by atoms with van der Waals surface area (Å²) in [6.07, 6.45) is 1.39. The highest BCUT2D eigenvalue weighted by atomic mass is 19.1. The molecule has 0 aliphatic carbocycles. The number of allylic oxidation sites excluding steroid dienone is 1. The Morgan fingerprint density at radius 3 is 2.88 bits per heavy atom. The monoisotopic (exact) mass is 237 g/mol. The summed E-state index contributed by atoms with van der Waals surface area (Å²) in [7, 11) is 0. The fourth-order valence-electron chi connectivity index (χ4n) is 1.34. The van der Waals surface area contributed by atoms with Gasteiger partial charge in [-0.3, -0.25) is 4.79 Å². The van der Waals surface area contributed by atoms with Crippen LogP contribution in [0, 0.1) is 5.82 Å². The third-order valence-corrected chi connectivity index (χ3v) is 2.29. The van der Waals surface area contributed by atoms with Gasteiger partial charge in [0.2, 0.25) is 5.91 Å². The first kappa shape index (κ1) is 13.4. The lowest BCUT2D eigenvalue weighted by Gasteiger charge is -2.09. The van der Waals surface area contributed by atoms with Crippen molar-refractivity contribution >= 4 is 11.5 Å². The van der Waals surface area contributed by atoms with Gasteiger partial charge in [0.1, 0.15) is 5.82 Å². The zero-order valence-electron chi connectivity index (χ0n) is 9.90. The van der Waals surface area contributed by atoms with Crippen molar-refractivity contribution in [3.8, 4) is 0 Å². The van der Waals surface area contributed by atoms with Crippen molar-refractivity contribution in [2.75, 3.05) is 6.61 Å². The van der Waals surface area contributed by atoms with Gasteiger partial charge in [-0.25, -0.2) is 4.39 Å². The van der Waals surface area contributed by atoms with Crippen molar-refractivity contribution in [3.05, 3.63) is 41.7 Å². The molecule has 2 N–H and O–H groups in total. The number of aliphatic hydroxyl groups is 1. The minimum atomic E-state index is -0.334. The molecule has 0 bridgehead atoms. The summed E-state index contributed by atoms with van der Waals surface area (Å²) in [6, 6.07) is 5.76. The van der Waals surface area contributed by atoms with E-state index >= 15 is 0 Å². The molecule has 92 valence electrons. The average Bonchev–Trinajstić information content (AvgIpc) is 2.28. The van der Waals surface area contributed by atoms with Crippen LogP contribution in [0.2, 0.25) is 0 Å². The Morgan fingerprint density at radius 1 is 1.59 bits per heavy atom. The van der Waals surface area contributed by atoms with Gasteiger partial charge in [0.25, 0.3) is 0 Å². The molecule has 1 aromatic rings. The molecule has 0 aliphatic rings. The van der Waals surface area contributed by atoms with Crippen LogP contribution in [-0.4, -0.2) is 23.7 Å². The van der Waals surface area contributed by atoms with Crippen molar-refractivity contribution < 1.29 is 14.3 Å². The summed E-state index contributed by atoms with van der Waals surface area (Å²) >= 11 is 0. The third kappa shape index (κ3) is 4.36. The molecule has 1 rings (SSSR count). The molecule has 1 atom stereocenters.